The lowest BCUT2D eigenvalue weighted by molar-refractivity contribution is -0.117. The highest BCUT2D eigenvalue weighted by molar-refractivity contribution is 5.95. The van der Waals surface area contributed by atoms with Crippen LogP contribution in [0.3, 0.4) is 0 Å². The standard InChI is InChI=1S/C15H14N2O4/c1-10-9-13(16-21-10)15(19)20-12-6-4-11(5-7-12)17-8-2-3-14(17)18/h4-7,9H,2-3,8H2,1H3. The first kappa shape index (κ1) is 13.4. The van der Waals surface area contributed by atoms with E-state index in [1.165, 1.54) is 6.07 Å². The van der Waals surface area contributed by atoms with E-state index in [9.17, 15) is 9.59 Å². The Hall–Kier alpha value is -2.63. The van der Waals surface area contributed by atoms with Gasteiger partial charge >= 0.3 is 5.97 Å². The lowest BCUT2D eigenvalue weighted by atomic mass is 10.3. The Morgan fingerprint density at radius 1 is 1.33 bits per heavy atom. The lowest BCUT2D eigenvalue weighted by Gasteiger charge is -2.15. The molecule has 0 bridgehead atoms. The van der Waals surface area contributed by atoms with Gasteiger partial charge in [-0.25, -0.2) is 4.79 Å². The average molecular weight is 286 g/mol. The van der Waals surface area contributed by atoms with Crippen molar-refractivity contribution in [1.29, 1.82) is 0 Å². The predicted octanol–water partition coefficient (Wildman–Crippen LogP) is 2.33. The van der Waals surface area contributed by atoms with Crippen LogP contribution in [-0.2, 0) is 4.79 Å². The molecule has 1 amide bonds. The van der Waals surface area contributed by atoms with Gasteiger partial charge in [0, 0.05) is 24.7 Å². The summed E-state index contributed by atoms with van der Waals surface area (Å²) in [6.07, 6.45) is 1.46. The molecule has 0 unspecified atom stereocenters. The highest BCUT2D eigenvalue weighted by Crippen LogP contribution is 2.24. The number of rotatable bonds is 3. The fourth-order valence-electron chi connectivity index (χ4n) is 2.24. The summed E-state index contributed by atoms with van der Waals surface area (Å²) in [4.78, 5) is 25.2. The Morgan fingerprint density at radius 3 is 2.67 bits per heavy atom. The number of benzene rings is 1. The molecule has 0 radical (unpaired) electrons. The van der Waals surface area contributed by atoms with Gasteiger partial charge in [0.25, 0.3) is 0 Å². The van der Waals surface area contributed by atoms with Crippen LogP contribution in [0.25, 0.3) is 0 Å². The molecule has 0 atom stereocenters. The molecule has 1 aliphatic heterocycles. The molecule has 0 N–H and O–H groups in total. The Kier molecular flexibility index (Phi) is 3.43. The number of esters is 1. The summed E-state index contributed by atoms with van der Waals surface area (Å²) in [5, 5.41) is 3.60. The molecule has 21 heavy (non-hydrogen) atoms. The minimum absolute atomic E-state index is 0.123. The molecule has 1 aromatic carbocycles. The van der Waals surface area contributed by atoms with Crippen LogP contribution in [0, 0.1) is 6.92 Å². The molecule has 1 saturated heterocycles. The van der Waals surface area contributed by atoms with Gasteiger partial charge in [-0.3, -0.25) is 4.79 Å². The number of carbonyl (C=O) groups excluding carboxylic acids is 2. The van der Waals surface area contributed by atoms with E-state index in [0.717, 1.165) is 18.7 Å². The molecule has 6 nitrogen and oxygen atoms in total. The summed E-state index contributed by atoms with van der Waals surface area (Å²) in [7, 11) is 0. The number of anilines is 1. The van der Waals surface area contributed by atoms with Gasteiger partial charge in [0.05, 0.1) is 0 Å². The summed E-state index contributed by atoms with van der Waals surface area (Å²) in [5.41, 5.74) is 0.945. The summed E-state index contributed by atoms with van der Waals surface area (Å²) < 4.78 is 10.0. The zero-order valence-electron chi connectivity index (χ0n) is 11.5. The first-order valence-electron chi connectivity index (χ1n) is 6.69. The van der Waals surface area contributed by atoms with Crippen LogP contribution in [0.1, 0.15) is 29.1 Å². The van der Waals surface area contributed by atoms with E-state index >= 15 is 0 Å². The predicted molar refractivity (Wildman–Crippen MR) is 74.2 cm³/mol. The van der Waals surface area contributed by atoms with Crippen molar-refractivity contribution in [3.8, 4) is 5.75 Å². The Bertz CT molecular complexity index is 675. The van der Waals surface area contributed by atoms with Crippen molar-refractivity contribution < 1.29 is 18.8 Å². The van der Waals surface area contributed by atoms with Crippen LogP contribution in [0.15, 0.2) is 34.9 Å². The number of hydrogen-bond acceptors (Lipinski definition) is 5. The fraction of sp³-hybridized carbons (Fsp3) is 0.267. The molecule has 1 fully saturated rings. The van der Waals surface area contributed by atoms with E-state index in [2.05, 4.69) is 5.16 Å². The molecular formula is C15H14N2O4. The second-order valence-electron chi connectivity index (χ2n) is 4.86. The molecule has 2 aromatic rings. The molecule has 3 rings (SSSR count). The van der Waals surface area contributed by atoms with Gasteiger partial charge in [0.2, 0.25) is 5.91 Å². The maximum Gasteiger partial charge on any atom is 0.365 e. The monoisotopic (exact) mass is 286 g/mol. The molecular weight excluding hydrogens is 272 g/mol. The Morgan fingerprint density at radius 2 is 2.10 bits per heavy atom. The largest absolute Gasteiger partial charge is 0.422 e. The lowest BCUT2D eigenvalue weighted by Crippen LogP contribution is -2.23. The third-order valence-electron chi connectivity index (χ3n) is 3.27. The molecule has 6 heteroatoms. The third kappa shape index (κ3) is 2.79. The second-order valence-corrected chi connectivity index (χ2v) is 4.86. The van der Waals surface area contributed by atoms with Crippen molar-refractivity contribution in [3.63, 3.8) is 0 Å². The second kappa shape index (κ2) is 5.40. The summed E-state index contributed by atoms with van der Waals surface area (Å²) >= 11 is 0. The van der Waals surface area contributed by atoms with Crippen LogP contribution >= 0.6 is 0 Å². The van der Waals surface area contributed by atoms with Gasteiger partial charge in [-0.1, -0.05) is 5.16 Å². The number of ether oxygens (including phenoxy) is 1. The average Bonchev–Trinajstić information content (AvgIpc) is 3.08. The zero-order valence-corrected chi connectivity index (χ0v) is 11.5. The van der Waals surface area contributed by atoms with Crippen molar-refractivity contribution in [2.75, 3.05) is 11.4 Å². The van der Waals surface area contributed by atoms with Crippen molar-refractivity contribution in [2.45, 2.75) is 19.8 Å². The molecule has 0 saturated carbocycles. The van der Waals surface area contributed by atoms with Gasteiger partial charge in [-0.05, 0) is 37.6 Å². The van der Waals surface area contributed by atoms with Gasteiger partial charge in [0.15, 0.2) is 5.69 Å². The molecule has 0 aliphatic carbocycles. The normalized spacial score (nSPS) is 14.5. The summed E-state index contributed by atoms with van der Waals surface area (Å²) in [6, 6.07) is 8.36. The van der Waals surface area contributed by atoms with Crippen molar-refractivity contribution in [1.82, 2.24) is 5.16 Å². The van der Waals surface area contributed by atoms with Crippen molar-refractivity contribution >= 4 is 17.6 Å². The van der Waals surface area contributed by atoms with Crippen LogP contribution in [0.2, 0.25) is 0 Å². The number of aryl methyl sites for hydroxylation is 1. The first-order valence-corrected chi connectivity index (χ1v) is 6.69. The number of aromatic nitrogens is 1. The number of nitrogens with zero attached hydrogens (tertiary/aromatic N) is 2. The maximum absolute atomic E-state index is 11.8. The van der Waals surface area contributed by atoms with Crippen LogP contribution in [0.4, 0.5) is 5.69 Å². The Balaban J connectivity index is 1.69. The summed E-state index contributed by atoms with van der Waals surface area (Å²) in [5.74, 6) is 0.496. The van der Waals surface area contributed by atoms with Gasteiger partial charge in [-0.2, -0.15) is 0 Å². The molecule has 1 aromatic heterocycles. The highest BCUT2D eigenvalue weighted by atomic mass is 16.5. The molecule has 0 spiro atoms. The molecule has 108 valence electrons. The fourth-order valence-corrected chi connectivity index (χ4v) is 2.24. The molecule has 2 heterocycles. The van der Waals surface area contributed by atoms with Crippen molar-refractivity contribution in [3.05, 3.63) is 41.8 Å². The minimum atomic E-state index is -0.572. The topological polar surface area (TPSA) is 72.6 Å². The van der Waals surface area contributed by atoms with Gasteiger partial charge in [0.1, 0.15) is 11.5 Å². The quantitative estimate of drug-likeness (QED) is 0.639. The third-order valence-corrected chi connectivity index (χ3v) is 3.27. The minimum Gasteiger partial charge on any atom is -0.422 e. The smallest absolute Gasteiger partial charge is 0.365 e. The van der Waals surface area contributed by atoms with Crippen LogP contribution in [-0.4, -0.2) is 23.6 Å². The van der Waals surface area contributed by atoms with Gasteiger partial charge < -0.3 is 14.2 Å². The highest BCUT2D eigenvalue weighted by Gasteiger charge is 2.21. The molecule has 1 aliphatic rings. The number of amides is 1. The van der Waals surface area contributed by atoms with E-state index in [4.69, 9.17) is 9.26 Å². The SMILES string of the molecule is Cc1cc(C(=O)Oc2ccc(N3CCCC3=O)cc2)no1. The number of hydrogen-bond donors (Lipinski definition) is 0. The maximum atomic E-state index is 11.8. The van der Waals surface area contributed by atoms with E-state index in [1.807, 2.05) is 0 Å². The zero-order chi connectivity index (χ0) is 14.8. The number of carbonyl (C=O) groups is 2. The van der Waals surface area contributed by atoms with E-state index < -0.39 is 5.97 Å². The van der Waals surface area contributed by atoms with E-state index in [1.54, 1.807) is 36.1 Å². The summed E-state index contributed by atoms with van der Waals surface area (Å²) in [6.45, 7) is 2.43. The van der Waals surface area contributed by atoms with E-state index in [-0.39, 0.29) is 11.6 Å². The Labute approximate surface area is 121 Å². The van der Waals surface area contributed by atoms with Crippen LogP contribution in [0.5, 0.6) is 5.75 Å². The van der Waals surface area contributed by atoms with Crippen molar-refractivity contribution in [2.24, 2.45) is 0 Å². The van der Waals surface area contributed by atoms with E-state index in [0.29, 0.717) is 17.9 Å². The van der Waals surface area contributed by atoms with Gasteiger partial charge in [-0.15, -0.1) is 0 Å². The van der Waals surface area contributed by atoms with Crippen LogP contribution < -0.4 is 9.64 Å². The first-order chi connectivity index (χ1) is 10.1.